The third-order valence-electron chi connectivity index (χ3n) is 2.12. The second-order valence-corrected chi connectivity index (χ2v) is 3.78. The molecule has 0 amide bonds. The van der Waals surface area contributed by atoms with E-state index in [1.807, 2.05) is 25.1 Å². The number of hydrogen-bond donors (Lipinski definition) is 2. The van der Waals surface area contributed by atoms with Crippen molar-refractivity contribution in [3.05, 3.63) is 47.0 Å². The molecule has 15 heavy (non-hydrogen) atoms. The van der Waals surface area contributed by atoms with Gasteiger partial charge >= 0.3 is 0 Å². The van der Waals surface area contributed by atoms with E-state index in [9.17, 15) is 0 Å². The lowest BCUT2D eigenvalue weighted by Gasteiger charge is -2.07. The molecular weight excluding hydrogens is 210 g/mol. The number of rotatable bonds is 3. The molecule has 0 aliphatic rings. The molecule has 0 bridgehead atoms. The highest BCUT2D eigenvalue weighted by atomic mass is 35.5. The summed E-state index contributed by atoms with van der Waals surface area (Å²) in [6.07, 6.45) is 3.53. The van der Waals surface area contributed by atoms with Gasteiger partial charge in [0, 0.05) is 12.4 Å². The van der Waals surface area contributed by atoms with Crippen molar-refractivity contribution < 1.29 is 0 Å². The smallest absolute Gasteiger partial charge is 0.125 e. The van der Waals surface area contributed by atoms with Gasteiger partial charge in [0.1, 0.15) is 5.82 Å². The zero-order valence-electron chi connectivity index (χ0n) is 8.42. The fourth-order valence-corrected chi connectivity index (χ4v) is 1.53. The van der Waals surface area contributed by atoms with E-state index in [1.54, 1.807) is 12.4 Å². The van der Waals surface area contributed by atoms with Gasteiger partial charge in [-0.15, -0.1) is 0 Å². The van der Waals surface area contributed by atoms with E-state index in [4.69, 9.17) is 11.6 Å². The van der Waals surface area contributed by atoms with Crippen LogP contribution in [0.4, 0.5) is 5.69 Å². The maximum Gasteiger partial charge on any atom is 0.125 e. The maximum atomic E-state index is 6.04. The lowest BCUT2D eigenvalue weighted by molar-refractivity contribution is 1.000. The lowest BCUT2D eigenvalue weighted by Crippen LogP contribution is -2.01. The van der Waals surface area contributed by atoms with Gasteiger partial charge < -0.3 is 10.3 Å². The molecule has 1 heterocycles. The van der Waals surface area contributed by atoms with Crippen LogP contribution >= 0.6 is 11.6 Å². The highest BCUT2D eigenvalue weighted by molar-refractivity contribution is 6.33. The molecule has 0 atom stereocenters. The Morgan fingerprint density at radius 2 is 2.33 bits per heavy atom. The molecule has 2 N–H and O–H groups in total. The van der Waals surface area contributed by atoms with Gasteiger partial charge in [-0.05, 0) is 24.6 Å². The molecular formula is C11H12ClN3. The van der Waals surface area contributed by atoms with Gasteiger partial charge in [-0.2, -0.15) is 0 Å². The van der Waals surface area contributed by atoms with Crippen molar-refractivity contribution in [3.8, 4) is 0 Å². The molecule has 0 radical (unpaired) electrons. The Kier molecular flexibility index (Phi) is 2.92. The topological polar surface area (TPSA) is 40.7 Å². The van der Waals surface area contributed by atoms with Crippen molar-refractivity contribution in [1.82, 2.24) is 9.97 Å². The van der Waals surface area contributed by atoms with Crippen molar-refractivity contribution >= 4 is 17.3 Å². The Bertz CT molecular complexity index is 437. The highest BCUT2D eigenvalue weighted by Crippen LogP contribution is 2.22. The summed E-state index contributed by atoms with van der Waals surface area (Å²) in [6, 6.07) is 5.90. The number of nitrogens with zero attached hydrogens (tertiary/aromatic N) is 1. The predicted molar refractivity (Wildman–Crippen MR) is 62.1 cm³/mol. The molecule has 4 heteroatoms. The van der Waals surface area contributed by atoms with Gasteiger partial charge in [-0.25, -0.2) is 4.98 Å². The van der Waals surface area contributed by atoms with E-state index in [0.29, 0.717) is 6.54 Å². The fourth-order valence-electron chi connectivity index (χ4n) is 1.35. The molecule has 0 aliphatic carbocycles. The molecule has 3 nitrogen and oxygen atoms in total. The predicted octanol–water partition coefficient (Wildman–Crippen LogP) is 2.98. The second-order valence-electron chi connectivity index (χ2n) is 3.37. The summed E-state index contributed by atoms with van der Waals surface area (Å²) in [7, 11) is 0. The van der Waals surface area contributed by atoms with E-state index in [-0.39, 0.29) is 0 Å². The summed E-state index contributed by atoms with van der Waals surface area (Å²) >= 11 is 6.04. The van der Waals surface area contributed by atoms with Crippen LogP contribution in [-0.4, -0.2) is 9.97 Å². The number of aromatic nitrogens is 2. The summed E-state index contributed by atoms with van der Waals surface area (Å²) < 4.78 is 0. The van der Waals surface area contributed by atoms with Crippen molar-refractivity contribution in [2.75, 3.05) is 5.32 Å². The number of hydrogen-bond acceptors (Lipinski definition) is 2. The Morgan fingerprint density at radius 1 is 1.47 bits per heavy atom. The third-order valence-corrected chi connectivity index (χ3v) is 2.45. The summed E-state index contributed by atoms with van der Waals surface area (Å²) in [4.78, 5) is 7.15. The quantitative estimate of drug-likeness (QED) is 0.837. The fraction of sp³-hybridized carbons (Fsp3) is 0.182. The maximum absolute atomic E-state index is 6.04. The number of halogens is 1. The molecule has 0 saturated carbocycles. The number of benzene rings is 1. The van der Waals surface area contributed by atoms with Crippen LogP contribution in [0.5, 0.6) is 0 Å². The van der Waals surface area contributed by atoms with Gasteiger partial charge in [-0.1, -0.05) is 17.7 Å². The van der Waals surface area contributed by atoms with E-state index >= 15 is 0 Å². The Morgan fingerprint density at radius 3 is 3.07 bits per heavy atom. The number of H-pyrrole nitrogens is 1. The number of imidazole rings is 1. The van der Waals surface area contributed by atoms with E-state index in [0.717, 1.165) is 16.5 Å². The average Bonchev–Trinajstić information content (AvgIpc) is 2.72. The van der Waals surface area contributed by atoms with Crippen molar-refractivity contribution in [1.29, 1.82) is 0 Å². The number of aryl methyl sites for hydroxylation is 1. The van der Waals surface area contributed by atoms with E-state index in [2.05, 4.69) is 15.3 Å². The summed E-state index contributed by atoms with van der Waals surface area (Å²) in [5.74, 6) is 0.896. The van der Waals surface area contributed by atoms with Crippen LogP contribution in [0, 0.1) is 6.92 Å². The van der Waals surface area contributed by atoms with Crippen molar-refractivity contribution in [3.63, 3.8) is 0 Å². The normalized spacial score (nSPS) is 10.3. The monoisotopic (exact) mass is 221 g/mol. The Labute approximate surface area is 93.5 Å². The van der Waals surface area contributed by atoms with Crippen LogP contribution in [0.1, 0.15) is 11.4 Å². The average molecular weight is 222 g/mol. The van der Waals surface area contributed by atoms with Gasteiger partial charge in [0.2, 0.25) is 0 Å². The Hall–Kier alpha value is -1.48. The zero-order chi connectivity index (χ0) is 10.7. The lowest BCUT2D eigenvalue weighted by atomic mass is 10.2. The van der Waals surface area contributed by atoms with Crippen LogP contribution in [0.3, 0.4) is 0 Å². The van der Waals surface area contributed by atoms with Gasteiger partial charge in [-0.3, -0.25) is 0 Å². The zero-order valence-corrected chi connectivity index (χ0v) is 9.17. The molecule has 78 valence electrons. The molecule has 1 aromatic heterocycles. The largest absolute Gasteiger partial charge is 0.377 e. The summed E-state index contributed by atoms with van der Waals surface area (Å²) in [5.41, 5.74) is 2.12. The number of nitrogens with one attached hydrogen (secondary N) is 2. The second kappa shape index (κ2) is 4.36. The minimum Gasteiger partial charge on any atom is -0.377 e. The first-order valence-corrected chi connectivity index (χ1v) is 5.12. The summed E-state index contributed by atoms with van der Waals surface area (Å²) in [6.45, 7) is 2.69. The van der Waals surface area contributed by atoms with Crippen molar-refractivity contribution in [2.24, 2.45) is 0 Å². The van der Waals surface area contributed by atoms with Crippen LogP contribution in [-0.2, 0) is 6.54 Å². The first-order valence-electron chi connectivity index (χ1n) is 4.74. The minimum absolute atomic E-state index is 0.649. The molecule has 2 rings (SSSR count). The van der Waals surface area contributed by atoms with Crippen LogP contribution in [0.15, 0.2) is 30.6 Å². The summed E-state index contributed by atoms with van der Waals surface area (Å²) in [5, 5.41) is 3.96. The van der Waals surface area contributed by atoms with Crippen LogP contribution in [0.25, 0.3) is 0 Å². The molecule has 0 unspecified atom stereocenters. The van der Waals surface area contributed by atoms with Crippen LogP contribution in [0.2, 0.25) is 5.02 Å². The van der Waals surface area contributed by atoms with Crippen molar-refractivity contribution in [2.45, 2.75) is 13.5 Å². The van der Waals surface area contributed by atoms with E-state index in [1.165, 1.54) is 5.56 Å². The van der Waals surface area contributed by atoms with Crippen LogP contribution < -0.4 is 5.32 Å². The SMILES string of the molecule is Cc1ccc(Cl)c(NCc2ncc[nH]2)c1. The molecule has 1 aromatic carbocycles. The van der Waals surface area contributed by atoms with Gasteiger partial charge in [0.25, 0.3) is 0 Å². The standard InChI is InChI=1S/C11H12ClN3/c1-8-2-3-9(12)10(6-8)15-7-11-13-4-5-14-11/h2-6,15H,7H2,1H3,(H,13,14). The van der Waals surface area contributed by atoms with E-state index < -0.39 is 0 Å². The first kappa shape index (κ1) is 10.1. The number of anilines is 1. The molecule has 2 aromatic rings. The van der Waals surface area contributed by atoms with Gasteiger partial charge in [0.15, 0.2) is 0 Å². The molecule has 0 saturated heterocycles. The first-order chi connectivity index (χ1) is 7.25. The molecule has 0 fully saturated rings. The molecule has 0 aliphatic heterocycles. The molecule has 0 spiro atoms. The highest BCUT2D eigenvalue weighted by Gasteiger charge is 2.00. The third kappa shape index (κ3) is 2.50. The van der Waals surface area contributed by atoms with Gasteiger partial charge in [0.05, 0.1) is 17.3 Å². The minimum atomic E-state index is 0.649. The Balaban J connectivity index is 2.07. The number of aromatic amines is 1.